The molecule has 0 spiro atoms. The molecule has 0 N–H and O–H groups in total. The molecule has 0 aliphatic heterocycles. The van der Waals surface area contributed by atoms with Gasteiger partial charge in [-0.2, -0.15) is 132 Å². The van der Waals surface area contributed by atoms with E-state index in [9.17, 15) is 132 Å². The van der Waals surface area contributed by atoms with Gasteiger partial charge in [0.2, 0.25) is 0 Å². The Labute approximate surface area is 962 Å². The molecule has 0 unspecified atom stereocenters. The van der Waals surface area contributed by atoms with Gasteiger partial charge in [-0.1, -0.05) is 59.6 Å². The van der Waals surface area contributed by atoms with Gasteiger partial charge in [-0.25, -0.2) is 4.98 Å². The summed E-state index contributed by atoms with van der Waals surface area (Å²) in [5, 5.41) is -0.537. The van der Waals surface area contributed by atoms with Crippen LogP contribution in [0.25, 0.3) is 0 Å². The zero-order valence-electron chi connectivity index (χ0n) is 77.7. The summed E-state index contributed by atoms with van der Waals surface area (Å²) in [5.41, 5.74) is 1.61. The monoisotopic (exact) mass is 3740 g/mol. The standard InChI is InChI=1S/C13H12F9N.2C9H7F6N.2C7H6F3N.2C7H9N.C6H2Cl2F3N.2C6H7N.10CH3.10Ta/c1-6-8(3-11(14,15)16)10(5-13(20,21)22)9(7(2)23-6)4-12(17,18)19;2*10-8(11,12)2-6-1-7(5-16-4-6)3-9(13,14)15;2*8-7(9,10)5-6-1-3-11-4-2-6;2*1-6-4-3-5-7(2)8-6;7-4-1-3(6(9,10)11)2-5(8)12-4;2*1-6-4-2-3-5-7-6;;;;;;;;;;;;;;;;;;;;/h3-5H2,1-2H3;2*1,4-5H,2-3H2;2*1-4H,5H2;2*3-5H,1-2H3;1-2H;2*2-5H,1H3;10*1H3;;;;;;;;;;/q;;;;;;;;;;10*-1;;;;;;;;;;. The van der Waals surface area contributed by atoms with E-state index in [-0.39, 0.29) is 353 Å². The number of hydrogen-bond acceptors (Lipinski definition) is 10. The maximum Gasteiger partial charge on any atom is 0.416 e. The largest absolute Gasteiger partial charge is 0.416 e. The number of hydrogen-bond donors (Lipinski definition) is 0. The molecule has 10 radical (unpaired) electrons. The van der Waals surface area contributed by atoms with E-state index in [4.69, 9.17) is 23.2 Å². The Morgan fingerprint density at radius 3 is 0.597 bits per heavy atom. The quantitative estimate of drug-likeness (QED) is 0.0782. The van der Waals surface area contributed by atoms with E-state index in [1.807, 2.05) is 114 Å². The van der Waals surface area contributed by atoms with Crippen molar-refractivity contribution in [2.45, 2.75) is 175 Å². The molecule has 0 aromatic carbocycles. The third kappa shape index (κ3) is 104. The number of nitrogens with zero attached hydrogens (tertiary/aromatic N) is 10. The van der Waals surface area contributed by atoms with Gasteiger partial charge in [-0.05, 0) is 190 Å². The zero-order valence-corrected chi connectivity index (χ0v) is 111. The van der Waals surface area contributed by atoms with Crippen molar-refractivity contribution >= 4 is 23.2 Å². The van der Waals surface area contributed by atoms with Crippen LogP contribution in [0.3, 0.4) is 0 Å². The summed E-state index contributed by atoms with van der Waals surface area (Å²) in [6, 6.07) is 32.3. The maximum atomic E-state index is 12.6. The van der Waals surface area contributed by atoms with Gasteiger partial charge in [0, 0.05) is 331 Å². The normalized spacial score (nSPS) is 9.99. The number of alkyl halides is 30. The van der Waals surface area contributed by atoms with Crippen LogP contribution in [0.2, 0.25) is 10.3 Å². The van der Waals surface area contributed by atoms with Crippen LogP contribution >= 0.6 is 23.2 Å². The molecule has 0 bridgehead atoms. The van der Waals surface area contributed by atoms with Gasteiger partial charge in [-0.15, -0.1) is 0 Å². The van der Waals surface area contributed by atoms with Crippen molar-refractivity contribution in [2.75, 3.05) is 0 Å². The minimum absolute atomic E-state index is 0. The molecule has 0 saturated carbocycles. The van der Waals surface area contributed by atoms with Crippen LogP contribution in [-0.2, 0) is 288 Å². The molecule has 139 heavy (non-hydrogen) atoms. The average Bonchev–Trinajstić information content (AvgIpc) is 0.779. The van der Waals surface area contributed by atoms with E-state index in [1.54, 1.807) is 12.4 Å². The van der Waals surface area contributed by atoms with Gasteiger partial charge in [0.05, 0.1) is 63.4 Å². The molecule has 0 atom stereocenters. The summed E-state index contributed by atoms with van der Waals surface area (Å²) in [5.74, 6) is 0. The number of halogens is 32. The summed E-state index contributed by atoms with van der Waals surface area (Å²) in [7, 11) is 0. The summed E-state index contributed by atoms with van der Waals surface area (Å²) >= 11 is 10.5. The Hall–Kier alpha value is -2.62. The van der Waals surface area contributed by atoms with Crippen molar-refractivity contribution in [3.8, 4) is 0 Å². The first-order valence-electron chi connectivity index (χ1n) is 33.5. The van der Waals surface area contributed by atoms with Crippen LogP contribution in [-0.4, -0.2) is 105 Å². The predicted octanol–water partition coefficient (Wildman–Crippen LogP) is 30.0. The molecular weight excluding hydrogens is 3640 g/mol. The third-order valence-corrected chi connectivity index (χ3v) is 13.9. The molecule has 10 heterocycles. The molecule has 0 aliphatic rings. The SMILES string of the molecule is Cc1cccc(C)n1.Cc1cccc(C)n1.Cc1ccccn1.Cc1ccccn1.Cc1nc(C)c(CC(F)(F)F)c(CC(F)(F)F)c1CC(F)(F)F.FC(F)(F)Cc1ccncc1.FC(F)(F)Cc1ccncc1.FC(F)(F)Cc1cncc(CC(F)(F)F)c1.FC(F)(F)Cc1cncc(CC(F)(F)F)c1.FC(F)(F)c1cc(Cl)nc(Cl)c1.[CH3-].[CH3-].[CH3-].[CH3-].[CH3-].[CH3-].[CH3-].[CH3-].[CH3-].[CH3-].[Ta].[Ta].[Ta].[Ta].[Ta].[Ta].[Ta].[Ta].[Ta].[Ta]. The summed E-state index contributed by atoms with van der Waals surface area (Å²) in [6.45, 7) is 14.0. The topological polar surface area (TPSA) is 129 Å². The van der Waals surface area contributed by atoms with Crippen molar-refractivity contribution < 1.29 is 356 Å². The minimum Gasteiger partial charge on any atom is -0.358 e. The van der Waals surface area contributed by atoms with Gasteiger partial charge in [0.15, 0.2) is 0 Å². The van der Waals surface area contributed by atoms with Crippen molar-refractivity contribution in [2.24, 2.45) is 0 Å². The Balaban J connectivity index is -0.0000000630. The molecule has 52 heteroatoms. The molecule has 0 amide bonds. The molecule has 10 aromatic heterocycles. The van der Waals surface area contributed by atoms with Crippen LogP contribution in [0.1, 0.15) is 101 Å². The maximum absolute atomic E-state index is 12.6. The van der Waals surface area contributed by atoms with Gasteiger partial charge < -0.3 is 74.3 Å². The van der Waals surface area contributed by atoms with Crippen molar-refractivity contribution in [1.82, 2.24) is 49.8 Å². The molecule has 0 fully saturated rings. The van der Waals surface area contributed by atoms with Crippen molar-refractivity contribution in [3.05, 3.63) is 369 Å². The van der Waals surface area contributed by atoms with E-state index in [0.717, 1.165) is 84.9 Å². The van der Waals surface area contributed by atoms with E-state index in [2.05, 4.69) is 49.8 Å². The third-order valence-electron chi connectivity index (χ3n) is 13.5. The molecule has 10 nitrogen and oxygen atoms in total. The summed E-state index contributed by atoms with van der Waals surface area (Å²) in [4.78, 5) is 37.2. The van der Waals surface area contributed by atoms with E-state index in [0.29, 0.717) is 12.1 Å². The Morgan fingerprint density at radius 2 is 0.424 bits per heavy atom. The molecule has 0 saturated heterocycles. The number of aromatic nitrogens is 10. The average molecular weight is 3740 g/mol. The Bertz CT molecular complexity index is 4220. The van der Waals surface area contributed by atoms with Crippen LogP contribution in [0.4, 0.5) is 132 Å². The van der Waals surface area contributed by atoms with Gasteiger partial charge in [0.1, 0.15) is 10.3 Å². The number of pyridine rings is 10. The second-order valence-electron chi connectivity index (χ2n) is 24.7. The second kappa shape index (κ2) is 88.3. The van der Waals surface area contributed by atoms with E-state index in [1.165, 1.54) is 49.1 Å². The van der Waals surface area contributed by atoms with Crippen LogP contribution in [0.5, 0.6) is 0 Å². The minimum atomic E-state index is -4.94. The molecule has 10 rings (SSSR count). The van der Waals surface area contributed by atoms with Gasteiger partial charge >= 0.3 is 61.8 Å². The van der Waals surface area contributed by atoms with Crippen LogP contribution in [0.15, 0.2) is 183 Å². The molecular formula is C87H102Cl2F30N10Ta10-10. The molecule has 784 valence electrons. The first-order valence-corrected chi connectivity index (χ1v) is 34.3. The van der Waals surface area contributed by atoms with Crippen molar-refractivity contribution in [3.63, 3.8) is 0 Å². The van der Waals surface area contributed by atoms with E-state index < -0.39 is 142 Å². The Morgan fingerprint density at radius 1 is 0.216 bits per heavy atom. The Kier molecular flexibility index (Phi) is 117. The fourth-order valence-corrected chi connectivity index (χ4v) is 9.49. The van der Waals surface area contributed by atoms with Gasteiger partial charge in [-0.3, -0.25) is 44.9 Å². The van der Waals surface area contributed by atoms with Crippen molar-refractivity contribution in [1.29, 1.82) is 0 Å². The smallest absolute Gasteiger partial charge is 0.358 e. The zero-order chi connectivity index (χ0) is 91.2. The van der Waals surface area contributed by atoms with Crippen LogP contribution in [0, 0.1) is 130 Å². The first-order chi connectivity index (χ1) is 54.3. The first kappa shape index (κ1) is 185. The number of rotatable bonds is 9. The predicted molar refractivity (Wildman–Crippen MR) is 447 cm³/mol. The molecule has 0 aliphatic carbocycles. The fourth-order valence-electron chi connectivity index (χ4n) is 9.03. The van der Waals surface area contributed by atoms with Crippen LogP contribution < -0.4 is 0 Å². The second-order valence-corrected chi connectivity index (χ2v) is 25.5. The summed E-state index contributed by atoms with van der Waals surface area (Å²) < 4.78 is 363. The van der Waals surface area contributed by atoms with E-state index >= 15 is 0 Å². The number of aryl methyl sites for hydroxylation is 8. The fraction of sp³-hybridized carbons (Fsp3) is 0.310. The summed E-state index contributed by atoms with van der Waals surface area (Å²) in [6.07, 6.45) is -44.8. The van der Waals surface area contributed by atoms with Gasteiger partial charge in [0.25, 0.3) is 0 Å². The molecule has 10 aromatic rings.